The molecule has 0 N–H and O–H groups in total. The van der Waals surface area contributed by atoms with Crippen LogP contribution in [0.3, 0.4) is 0 Å². The number of nitro benzene ring substituents is 1. The molecule has 1 saturated heterocycles. The molecule has 1 aliphatic heterocycles. The number of halogens is 1. The number of nitrogens with zero attached hydrogens (tertiary/aromatic N) is 1. The second-order valence-electron chi connectivity index (χ2n) is 4.12. The standard InChI is InChI=1S/C12H14ClNO4/c13-8-9-1-2-11(14(15)16)12(7-9)18-10-3-5-17-6-4-10/h1-2,7,10H,3-6,8H2. The van der Waals surface area contributed by atoms with Crippen LogP contribution in [-0.2, 0) is 10.6 Å². The molecular formula is C12H14ClNO4. The van der Waals surface area contributed by atoms with Crippen molar-refractivity contribution in [3.8, 4) is 5.75 Å². The third-order valence-electron chi connectivity index (χ3n) is 2.84. The summed E-state index contributed by atoms with van der Waals surface area (Å²) in [6.45, 7) is 1.27. The highest BCUT2D eigenvalue weighted by Crippen LogP contribution is 2.30. The Kier molecular flexibility index (Phi) is 4.38. The average Bonchev–Trinajstić information content (AvgIpc) is 2.39. The third kappa shape index (κ3) is 3.11. The summed E-state index contributed by atoms with van der Waals surface area (Å²) < 4.78 is 10.9. The summed E-state index contributed by atoms with van der Waals surface area (Å²) in [5.41, 5.74) is 0.791. The zero-order valence-corrected chi connectivity index (χ0v) is 10.6. The van der Waals surface area contributed by atoms with Crippen molar-refractivity contribution in [3.05, 3.63) is 33.9 Å². The van der Waals surface area contributed by atoms with Gasteiger partial charge in [0.15, 0.2) is 5.75 Å². The van der Waals surface area contributed by atoms with Gasteiger partial charge in [-0.1, -0.05) is 6.07 Å². The molecule has 18 heavy (non-hydrogen) atoms. The van der Waals surface area contributed by atoms with Gasteiger partial charge in [-0.25, -0.2) is 0 Å². The first-order chi connectivity index (χ1) is 8.70. The first kappa shape index (κ1) is 13.1. The zero-order chi connectivity index (χ0) is 13.0. The molecule has 0 atom stereocenters. The van der Waals surface area contributed by atoms with E-state index in [1.807, 2.05) is 0 Å². The Bertz CT molecular complexity index is 432. The van der Waals surface area contributed by atoms with E-state index in [0.29, 0.717) is 24.8 Å². The quantitative estimate of drug-likeness (QED) is 0.480. The van der Waals surface area contributed by atoms with Gasteiger partial charge in [0.25, 0.3) is 0 Å². The minimum Gasteiger partial charge on any atom is -0.483 e. The maximum absolute atomic E-state index is 10.9. The monoisotopic (exact) mass is 271 g/mol. The van der Waals surface area contributed by atoms with Crippen LogP contribution in [0.25, 0.3) is 0 Å². The van der Waals surface area contributed by atoms with Crippen LogP contribution in [0.1, 0.15) is 18.4 Å². The second kappa shape index (κ2) is 6.02. The molecule has 0 bridgehead atoms. The van der Waals surface area contributed by atoms with Crippen LogP contribution in [0, 0.1) is 10.1 Å². The Balaban J connectivity index is 2.19. The average molecular weight is 272 g/mol. The van der Waals surface area contributed by atoms with Gasteiger partial charge in [-0.15, -0.1) is 11.6 Å². The number of rotatable bonds is 4. The first-order valence-corrected chi connectivity index (χ1v) is 6.32. The summed E-state index contributed by atoms with van der Waals surface area (Å²) in [6, 6.07) is 4.72. The molecule has 2 rings (SSSR count). The minimum atomic E-state index is -0.438. The van der Waals surface area contributed by atoms with E-state index in [9.17, 15) is 10.1 Å². The van der Waals surface area contributed by atoms with Crippen molar-refractivity contribution >= 4 is 17.3 Å². The molecule has 98 valence electrons. The molecule has 0 radical (unpaired) electrons. The fourth-order valence-corrected chi connectivity index (χ4v) is 2.03. The molecule has 1 fully saturated rings. The second-order valence-corrected chi connectivity index (χ2v) is 4.39. The summed E-state index contributed by atoms with van der Waals surface area (Å²) in [5, 5.41) is 10.9. The van der Waals surface area contributed by atoms with Crippen LogP contribution in [0.15, 0.2) is 18.2 Å². The molecule has 1 aromatic carbocycles. The van der Waals surface area contributed by atoms with Gasteiger partial charge in [-0.3, -0.25) is 10.1 Å². The predicted molar refractivity (Wildman–Crippen MR) is 67.1 cm³/mol. The SMILES string of the molecule is O=[N+]([O-])c1ccc(CCl)cc1OC1CCOCC1. The van der Waals surface area contributed by atoms with E-state index in [1.165, 1.54) is 6.07 Å². The molecule has 5 nitrogen and oxygen atoms in total. The number of benzene rings is 1. The van der Waals surface area contributed by atoms with Crippen LogP contribution in [0.5, 0.6) is 5.75 Å². The Hall–Kier alpha value is -1.33. The Morgan fingerprint density at radius 1 is 1.44 bits per heavy atom. The molecule has 0 amide bonds. The van der Waals surface area contributed by atoms with Gasteiger partial charge in [0.1, 0.15) is 6.10 Å². The smallest absolute Gasteiger partial charge is 0.310 e. The highest BCUT2D eigenvalue weighted by Gasteiger charge is 2.21. The maximum atomic E-state index is 10.9. The van der Waals surface area contributed by atoms with Crippen LogP contribution < -0.4 is 4.74 Å². The third-order valence-corrected chi connectivity index (χ3v) is 3.15. The van der Waals surface area contributed by atoms with Crippen LogP contribution >= 0.6 is 11.6 Å². The fourth-order valence-electron chi connectivity index (χ4n) is 1.86. The van der Waals surface area contributed by atoms with Gasteiger partial charge < -0.3 is 9.47 Å². The normalized spacial score (nSPS) is 16.5. The molecule has 0 spiro atoms. The summed E-state index contributed by atoms with van der Waals surface area (Å²) in [7, 11) is 0. The zero-order valence-electron chi connectivity index (χ0n) is 9.80. The molecule has 0 aromatic heterocycles. The summed E-state index contributed by atoms with van der Waals surface area (Å²) in [4.78, 5) is 10.5. The van der Waals surface area contributed by atoms with Crippen molar-refractivity contribution < 1.29 is 14.4 Å². The summed E-state index contributed by atoms with van der Waals surface area (Å²) >= 11 is 5.73. The molecule has 1 aromatic rings. The first-order valence-electron chi connectivity index (χ1n) is 5.78. The summed E-state index contributed by atoms with van der Waals surface area (Å²) in [6.07, 6.45) is 1.48. The highest BCUT2D eigenvalue weighted by molar-refractivity contribution is 6.17. The maximum Gasteiger partial charge on any atom is 0.310 e. The molecular weight excluding hydrogens is 258 g/mol. The van der Waals surface area contributed by atoms with Gasteiger partial charge in [0, 0.05) is 24.8 Å². The number of alkyl halides is 1. The van der Waals surface area contributed by atoms with E-state index in [-0.39, 0.29) is 11.8 Å². The molecule has 1 aliphatic rings. The van der Waals surface area contributed by atoms with Gasteiger partial charge in [-0.05, 0) is 11.6 Å². The fraction of sp³-hybridized carbons (Fsp3) is 0.500. The van der Waals surface area contributed by atoms with Crippen molar-refractivity contribution in [1.29, 1.82) is 0 Å². The number of hydrogen-bond acceptors (Lipinski definition) is 4. The van der Waals surface area contributed by atoms with Gasteiger partial charge in [-0.2, -0.15) is 0 Å². The molecule has 0 unspecified atom stereocenters. The molecule has 0 aliphatic carbocycles. The van der Waals surface area contributed by atoms with Crippen molar-refractivity contribution in [3.63, 3.8) is 0 Å². The number of nitro groups is 1. The van der Waals surface area contributed by atoms with Crippen LogP contribution in [0.2, 0.25) is 0 Å². The van der Waals surface area contributed by atoms with E-state index >= 15 is 0 Å². The molecule has 0 saturated carbocycles. The van der Waals surface area contributed by atoms with E-state index in [2.05, 4.69) is 0 Å². The van der Waals surface area contributed by atoms with E-state index < -0.39 is 4.92 Å². The Labute approximate surface area is 110 Å². The largest absolute Gasteiger partial charge is 0.483 e. The number of hydrogen-bond donors (Lipinski definition) is 0. The van der Waals surface area contributed by atoms with E-state index in [1.54, 1.807) is 12.1 Å². The number of ether oxygens (including phenoxy) is 2. The summed E-state index contributed by atoms with van der Waals surface area (Å²) in [5.74, 6) is 0.604. The lowest BCUT2D eigenvalue weighted by atomic mass is 10.1. The lowest BCUT2D eigenvalue weighted by molar-refractivity contribution is -0.386. The topological polar surface area (TPSA) is 61.6 Å². The molecule has 6 heteroatoms. The molecule has 1 heterocycles. The van der Waals surface area contributed by atoms with Crippen molar-refractivity contribution in [2.24, 2.45) is 0 Å². The Morgan fingerprint density at radius 2 is 2.17 bits per heavy atom. The van der Waals surface area contributed by atoms with Gasteiger partial charge in [0.2, 0.25) is 0 Å². The highest BCUT2D eigenvalue weighted by atomic mass is 35.5. The van der Waals surface area contributed by atoms with Gasteiger partial charge in [0.05, 0.1) is 18.1 Å². The predicted octanol–water partition coefficient (Wildman–Crippen LogP) is 2.89. The van der Waals surface area contributed by atoms with Crippen molar-refractivity contribution in [2.75, 3.05) is 13.2 Å². The van der Waals surface area contributed by atoms with Crippen molar-refractivity contribution in [2.45, 2.75) is 24.8 Å². The lowest BCUT2D eigenvalue weighted by Crippen LogP contribution is -2.26. The van der Waals surface area contributed by atoms with E-state index in [0.717, 1.165) is 18.4 Å². The Morgan fingerprint density at radius 3 is 2.78 bits per heavy atom. The van der Waals surface area contributed by atoms with Crippen LogP contribution in [0.4, 0.5) is 5.69 Å². The minimum absolute atomic E-state index is 0.0182. The van der Waals surface area contributed by atoms with Crippen LogP contribution in [-0.4, -0.2) is 24.2 Å². The lowest BCUT2D eigenvalue weighted by Gasteiger charge is -2.23. The van der Waals surface area contributed by atoms with E-state index in [4.69, 9.17) is 21.1 Å². The van der Waals surface area contributed by atoms with Gasteiger partial charge >= 0.3 is 5.69 Å². The van der Waals surface area contributed by atoms with Crippen molar-refractivity contribution in [1.82, 2.24) is 0 Å².